The summed E-state index contributed by atoms with van der Waals surface area (Å²) in [7, 11) is 0. The fourth-order valence-electron chi connectivity index (χ4n) is 2.57. The normalized spacial score (nSPS) is 13.6. The van der Waals surface area contributed by atoms with Gasteiger partial charge >= 0.3 is 24.2 Å². The molecule has 0 amide bonds. The van der Waals surface area contributed by atoms with Crippen LogP contribution in [0.4, 0.5) is 9.59 Å². The van der Waals surface area contributed by atoms with Crippen LogP contribution < -0.4 is 15.2 Å². The van der Waals surface area contributed by atoms with Crippen LogP contribution in [0.1, 0.15) is 61.0 Å². The topological polar surface area (TPSA) is 150 Å². The van der Waals surface area contributed by atoms with Gasteiger partial charge in [-0.2, -0.15) is 0 Å². The Morgan fingerprint density at radius 3 is 1.64 bits per heavy atom. The molecule has 0 spiro atoms. The van der Waals surface area contributed by atoms with Gasteiger partial charge in [-0.25, -0.2) is 9.59 Å². The van der Waals surface area contributed by atoms with Crippen LogP contribution in [0.3, 0.4) is 0 Å². The molecule has 202 valence electrons. The van der Waals surface area contributed by atoms with Crippen LogP contribution in [0.2, 0.25) is 0 Å². The number of benzene rings is 1. The van der Waals surface area contributed by atoms with Crippen molar-refractivity contribution in [3.8, 4) is 11.5 Å². The first kappa shape index (κ1) is 30.7. The number of rotatable bonds is 11. The summed E-state index contributed by atoms with van der Waals surface area (Å²) in [5.74, 6) is -1.64. The smallest absolute Gasteiger partial charge is 0.459 e. The summed E-state index contributed by atoms with van der Waals surface area (Å²) >= 11 is 0. The van der Waals surface area contributed by atoms with Gasteiger partial charge in [0, 0.05) is 0 Å². The van der Waals surface area contributed by atoms with Crippen LogP contribution in [-0.4, -0.2) is 54.7 Å². The first-order valence-corrected chi connectivity index (χ1v) is 11.8. The van der Waals surface area contributed by atoms with E-state index in [0.29, 0.717) is 5.56 Å². The van der Waals surface area contributed by atoms with E-state index in [1.165, 1.54) is 12.1 Å². The molecular weight excluding hydrogens is 474 g/mol. The molecule has 2 N–H and O–H groups in total. The lowest BCUT2D eigenvalue weighted by atomic mass is 10.1. The third kappa shape index (κ3) is 10.9. The molecule has 0 radical (unpaired) electrons. The third-order valence-electron chi connectivity index (χ3n) is 4.55. The standard InChI is InChI=1S/C25H37NO10/c1-13(2)22(27)33-16(7)17(8)34-23(28)19(26)11-18-9-10-20(35-24(29)31-14(3)4)21(12-18)36-25(30)32-15(5)6/h9-10,12-17,19H,11,26H2,1-8H3/t16-,17-,19+/m1/s1. The molecule has 0 aromatic heterocycles. The van der Waals surface area contributed by atoms with Crippen molar-refractivity contribution in [1.29, 1.82) is 0 Å². The lowest BCUT2D eigenvalue weighted by molar-refractivity contribution is -0.168. The highest BCUT2D eigenvalue weighted by Gasteiger charge is 2.26. The van der Waals surface area contributed by atoms with Crippen LogP contribution >= 0.6 is 0 Å². The number of esters is 2. The maximum atomic E-state index is 12.5. The number of carbonyl (C=O) groups is 4. The largest absolute Gasteiger partial charge is 0.514 e. The second-order valence-corrected chi connectivity index (χ2v) is 9.07. The van der Waals surface area contributed by atoms with E-state index >= 15 is 0 Å². The summed E-state index contributed by atoms with van der Waals surface area (Å²) in [6.07, 6.45) is -4.23. The van der Waals surface area contributed by atoms with Crippen molar-refractivity contribution in [3.63, 3.8) is 0 Å². The zero-order valence-corrected chi connectivity index (χ0v) is 22.1. The van der Waals surface area contributed by atoms with Gasteiger partial charge in [0.2, 0.25) is 0 Å². The zero-order valence-electron chi connectivity index (χ0n) is 22.1. The minimum Gasteiger partial charge on any atom is -0.459 e. The van der Waals surface area contributed by atoms with E-state index in [2.05, 4.69) is 0 Å². The van der Waals surface area contributed by atoms with Gasteiger partial charge < -0.3 is 34.2 Å². The Hall–Kier alpha value is -3.34. The molecule has 11 nitrogen and oxygen atoms in total. The van der Waals surface area contributed by atoms with Crippen LogP contribution in [0.5, 0.6) is 11.5 Å². The fraction of sp³-hybridized carbons (Fsp3) is 0.600. The number of hydrogen-bond donors (Lipinski definition) is 1. The van der Waals surface area contributed by atoms with Crippen LogP contribution in [-0.2, 0) is 35.0 Å². The minimum atomic E-state index is -1.08. The predicted octanol–water partition coefficient (Wildman–Crippen LogP) is 3.92. The highest BCUT2D eigenvalue weighted by atomic mass is 16.7. The maximum Gasteiger partial charge on any atom is 0.514 e. The average molecular weight is 512 g/mol. The number of nitrogens with two attached hydrogens (primary N) is 1. The van der Waals surface area contributed by atoms with Crippen LogP contribution in [0, 0.1) is 5.92 Å². The second kappa shape index (κ2) is 14.3. The SMILES string of the molecule is CC(C)OC(=O)Oc1ccc(C[C@H](N)C(=O)O[C@H](C)[C@@H](C)OC(=O)C(C)C)cc1OC(=O)OC(C)C. The summed E-state index contributed by atoms with van der Waals surface area (Å²) in [4.78, 5) is 48.2. The molecule has 1 aromatic rings. The van der Waals surface area contributed by atoms with E-state index in [4.69, 9.17) is 34.2 Å². The monoisotopic (exact) mass is 511 g/mol. The van der Waals surface area contributed by atoms with E-state index in [-0.39, 0.29) is 23.8 Å². The summed E-state index contributed by atoms with van der Waals surface area (Å²) in [5, 5.41) is 0. The Kier molecular flexibility index (Phi) is 12.2. The Balaban J connectivity index is 2.94. The lowest BCUT2D eigenvalue weighted by Gasteiger charge is -2.23. The molecule has 0 bridgehead atoms. The Bertz CT molecular complexity index is 912. The molecule has 1 aromatic carbocycles. The second-order valence-electron chi connectivity index (χ2n) is 9.07. The van der Waals surface area contributed by atoms with Gasteiger partial charge in [0.1, 0.15) is 18.2 Å². The highest BCUT2D eigenvalue weighted by Crippen LogP contribution is 2.30. The molecule has 36 heavy (non-hydrogen) atoms. The summed E-state index contributed by atoms with van der Waals surface area (Å²) in [6.45, 7) is 13.2. The van der Waals surface area contributed by atoms with Gasteiger partial charge in [0.05, 0.1) is 18.1 Å². The molecular formula is C25H37NO10. The molecule has 0 aliphatic carbocycles. The van der Waals surface area contributed by atoms with Gasteiger partial charge in [0.25, 0.3) is 0 Å². The van der Waals surface area contributed by atoms with E-state index in [1.807, 2.05) is 0 Å². The molecule has 3 atom stereocenters. The van der Waals surface area contributed by atoms with Crippen molar-refractivity contribution >= 4 is 24.2 Å². The molecule has 0 unspecified atom stereocenters. The fourth-order valence-corrected chi connectivity index (χ4v) is 2.57. The lowest BCUT2D eigenvalue weighted by Crippen LogP contribution is -2.39. The number of carbonyl (C=O) groups excluding carboxylic acids is 4. The van der Waals surface area contributed by atoms with E-state index in [0.717, 1.165) is 0 Å². The predicted molar refractivity (Wildman–Crippen MR) is 129 cm³/mol. The quantitative estimate of drug-likeness (QED) is 0.261. The minimum absolute atomic E-state index is 0.0119. The Morgan fingerprint density at radius 1 is 0.694 bits per heavy atom. The van der Waals surface area contributed by atoms with E-state index in [1.54, 1.807) is 61.5 Å². The summed E-state index contributed by atoms with van der Waals surface area (Å²) < 4.78 is 30.9. The van der Waals surface area contributed by atoms with Crippen molar-refractivity contribution in [3.05, 3.63) is 23.8 Å². The van der Waals surface area contributed by atoms with E-state index in [9.17, 15) is 19.2 Å². The first-order valence-electron chi connectivity index (χ1n) is 11.8. The van der Waals surface area contributed by atoms with Crippen LogP contribution in [0.15, 0.2) is 18.2 Å². The molecule has 0 aliphatic rings. The van der Waals surface area contributed by atoms with E-state index < -0.39 is 54.7 Å². The van der Waals surface area contributed by atoms with Crippen LogP contribution in [0.25, 0.3) is 0 Å². The van der Waals surface area contributed by atoms with Gasteiger partial charge in [-0.05, 0) is 65.7 Å². The Labute approximate surface area is 211 Å². The van der Waals surface area contributed by atoms with Crippen molar-refractivity contribution in [2.45, 2.75) is 92.3 Å². The van der Waals surface area contributed by atoms with Crippen molar-refractivity contribution in [2.24, 2.45) is 11.7 Å². The summed E-state index contributed by atoms with van der Waals surface area (Å²) in [5.41, 5.74) is 6.51. The molecule has 0 aliphatic heterocycles. The average Bonchev–Trinajstić information content (AvgIpc) is 2.73. The number of ether oxygens (including phenoxy) is 6. The van der Waals surface area contributed by atoms with Gasteiger partial charge in [-0.3, -0.25) is 9.59 Å². The van der Waals surface area contributed by atoms with Gasteiger partial charge in [0.15, 0.2) is 11.5 Å². The maximum absolute atomic E-state index is 12.5. The first-order chi connectivity index (χ1) is 16.7. The Morgan fingerprint density at radius 2 is 1.17 bits per heavy atom. The zero-order chi connectivity index (χ0) is 27.6. The van der Waals surface area contributed by atoms with Gasteiger partial charge in [-0.1, -0.05) is 19.9 Å². The third-order valence-corrected chi connectivity index (χ3v) is 4.55. The van der Waals surface area contributed by atoms with Gasteiger partial charge in [-0.15, -0.1) is 0 Å². The van der Waals surface area contributed by atoms with Crippen molar-refractivity contribution in [2.75, 3.05) is 0 Å². The molecule has 1 rings (SSSR count). The van der Waals surface area contributed by atoms with Crippen molar-refractivity contribution < 1.29 is 47.6 Å². The molecule has 0 fully saturated rings. The molecule has 11 heteroatoms. The van der Waals surface area contributed by atoms with Crippen molar-refractivity contribution in [1.82, 2.24) is 0 Å². The molecule has 0 saturated heterocycles. The highest BCUT2D eigenvalue weighted by molar-refractivity contribution is 5.76. The molecule has 0 saturated carbocycles. The molecule has 0 heterocycles. The summed E-state index contributed by atoms with van der Waals surface area (Å²) in [6, 6.07) is 3.24. The number of hydrogen-bond acceptors (Lipinski definition) is 11.